The van der Waals surface area contributed by atoms with Gasteiger partial charge in [-0.25, -0.2) is 4.98 Å². The summed E-state index contributed by atoms with van der Waals surface area (Å²) in [6, 6.07) is 0. The van der Waals surface area contributed by atoms with Crippen LogP contribution in [0.25, 0.3) is 0 Å². The molecule has 0 spiro atoms. The fraction of sp³-hybridized carbons (Fsp3) is 0.700. The van der Waals surface area contributed by atoms with E-state index >= 15 is 0 Å². The largest absolute Gasteiger partial charge is 0.301 e. The normalized spacial score (nSPS) is 11.1. The van der Waals surface area contributed by atoms with E-state index < -0.39 is 0 Å². The van der Waals surface area contributed by atoms with Crippen LogP contribution < -0.4 is 0 Å². The van der Waals surface area contributed by atoms with Gasteiger partial charge in [-0.3, -0.25) is 0 Å². The second-order valence-electron chi connectivity index (χ2n) is 3.49. The molecule has 0 bridgehead atoms. The molecule has 0 fully saturated rings. The van der Waals surface area contributed by atoms with E-state index in [0.29, 0.717) is 0 Å². The summed E-state index contributed by atoms with van der Waals surface area (Å²) in [5, 5.41) is 4.42. The van der Waals surface area contributed by atoms with Crippen LogP contribution in [0.2, 0.25) is 0 Å². The zero-order valence-corrected chi connectivity index (χ0v) is 11.2. The predicted molar refractivity (Wildman–Crippen MR) is 66.2 cm³/mol. The van der Waals surface area contributed by atoms with E-state index in [-0.39, 0.29) is 0 Å². The number of rotatable bonds is 6. The van der Waals surface area contributed by atoms with Gasteiger partial charge in [-0.05, 0) is 33.4 Å². The summed E-state index contributed by atoms with van der Waals surface area (Å²) < 4.78 is 0. The highest BCUT2D eigenvalue weighted by Gasteiger charge is 2.02. The molecule has 0 aliphatic rings. The number of thiazole rings is 1. The molecule has 0 aliphatic heterocycles. The third-order valence-corrected chi connectivity index (χ3v) is 3.41. The molecule has 1 rings (SSSR count). The maximum Gasteiger partial charge on any atom is 0.0897 e. The third-order valence-electron chi connectivity index (χ3n) is 2.02. The molecule has 0 aromatic carbocycles. The fourth-order valence-electron chi connectivity index (χ4n) is 1.31. The van der Waals surface area contributed by atoms with Crippen LogP contribution in [0, 0.1) is 6.92 Å². The molecule has 0 radical (unpaired) electrons. The zero-order chi connectivity index (χ0) is 10.4. The lowest BCUT2D eigenvalue weighted by Crippen LogP contribution is -2.19. The van der Waals surface area contributed by atoms with Gasteiger partial charge >= 0.3 is 0 Å². The highest BCUT2D eigenvalue weighted by Crippen LogP contribution is 2.10. The van der Waals surface area contributed by atoms with Crippen LogP contribution in [-0.4, -0.2) is 28.8 Å². The molecule has 14 heavy (non-hydrogen) atoms. The first-order valence-corrected chi connectivity index (χ1v) is 6.88. The number of unbranched alkanes of at least 4 members (excludes halogenated alkanes) is 1. The summed E-state index contributed by atoms with van der Waals surface area (Å²) in [6.07, 6.45) is 2.51. The molecule has 0 amide bonds. The molecule has 0 atom stereocenters. The number of alkyl halides is 1. The first kappa shape index (κ1) is 12.1. The van der Waals surface area contributed by atoms with E-state index in [0.717, 1.165) is 23.4 Å². The Morgan fingerprint density at radius 1 is 1.50 bits per heavy atom. The molecule has 1 aromatic heterocycles. The minimum absolute atomic E-state index is 0.979. The van der Waals surface area contributed by atoms with Crippen LogP contribution in [0.4, 0.5) is 0 Å². The molecule has 0 unspecified atom stereocenters. The van der Waals surface area contributed by atoms with Gasteiger partial charge in [-0.15, -0.1) is 11.3 Å². The van der Waals surface area contributed by atoms with Crippen molar-refractivity contribution in [2.45, 2.75) is 26.3 Å². The molecular formula is C10H17BrN2S. The Balaban J connectivity index is 2.23. The molecule has 0 N–H and O–H groups in total. The number of aryl methyl sites for hydroxylation is 1. The van der Waals surface area contributed by atoms with Gasteiger partial charge in [0.05, 0.1) is 10.7 Å². The molecule has 0 saturated heterocycles. The number of hydrogen-bond donors (Lipinski definition) is 0. The van der Waals surface area contributed by atoms with Gasteiger partial charge in [0.1, 0.15) is 0 Å². The quantitative estimate of drug-likeness (QED) is 0.587. The lowest BCUT2D eigenvalue weighted by atomic mass is 10.3. The maximum absolute atomic E-state index is 4.45. The Hall–Kier alpha value is 0.0700. The highest BCUT2D eigenvalue weighted by atomic mass is 79.9. The minimum atomic E-state index is 0.979. The average Bonchev–Trinajstić information content (AvgIpc) is 2.52. The van der Waals surface area contributed by atoms with Gasteiger partial charge in [0.25, 0.3) is 0 Å². The highest BCUT2D eigenvalue weighted by molar-refractivity contribution is 9.09. The molecular weight excluding hydrogens is 260 g/mol. The second kappa shape index (κ2) is 6.53. The first-order chi connectivity index (χ1) is 6.72. The van der Waals surface area contributed by atoms with E-state index in [1.165, 1.54) is 18.5 Å². The van der Waals surface area contributed by atoms with E-state index in [9.17, 15) is 0 Å². The van der Waals surface area contributed by atoms with Gasteiger partial charge in [-0.1, -0.05) is 15.9 Å². The number of halogens is 1. The molecule has 1 aromatic rings. The van der Waals surface area contributed by atoms with Crippen molar-refractivity contribution in [2.24, 2.45) is 0 Å². The van der Waals surface area contributed by atoms with Crippen molar-refractivity contribution in [3.8, 4) is 0 Å². The summed E-state index contributed by atoms with van der Waals surface area (Å²) in [5.41, 5.74) is 1.20. The average molecular weight is 277 g/mol. The molecule has 2 nitrogen and oxygen atoms in total. The number of aromatic nitrogens is 1. The van der Waals surface area contributed by atoms with Crippen molar-refractivity contribution < 1.29 is 0 Å². The fourth-order valence-corrected chi connectivity index (χ4v) is 2.31. The van der Waals surface area contributed by atoms with Crippen molar-refractivity contribution >= 4 is 27.3 Å². The Labute approximate surface area is 98.5 Å². The van der Waals surface area contributed by atoms with Gasteiger partial charge in [0.2, 0.25) is 0 Å². The lowest BCUT2D eigenvalue weighted by Gasteiger charge is -2.14. The SMILES string of the molecule is Cc1nc(CN(C)CCCCBr)cs1. The van der Waals surface area contributed by atoms with E-state index in [4.69, 9.17) is 0 Å². The monoisotopic (exact) mass is 276 g/mol. The van der Waals surface area contributed by atoms with Gasteiger partial charge in [0, 0.05) is 17.3 Å². The van der Waals surface area contributed by atoms with Crippen molar-refractivity contribution in [1.82, 2.24) is 9.88 Å². The van der Waals surface area contributed by atoms with Gasteiger partial charge in [0.15, 0.2) is 0 Å². The summed E-state index contributed by atoms with van der Waals surface area (Å²) >= 11 is 5.17. The first-order valence-electron chi connectivity index (χ1n) is 4.88. The number of hydrogen-bond acceptors (Lipinski definition) is 3. The van der Waals surface area contributed by atoms with E-state index in [1.54, 1.807) is 11.3 Å². The number of nitrogens with zero attached hydrogens (tertiary/aromatic N) is 2. The van der Waals surface area contributed by atoms with Crippen molar-refractivity contribution in [2.75, 3.05) is 18.9 Å². The summed E-state index contributed by atoms with van der Waals surface area (Å²) in [7, 11) is 2.16. The summed E-state index contributed by atoms with van der Waals surface area (Å²) in [5.74, 6) is 0. The van der Waals surface area contributed by atoms with Crippen LogP contribution in [-0.2, 0) is 6.54 Å². The van der Waals surface area contributed by atoms with Gasteiger partial charge in [-0.2, -0.15) is 0 Å². The molecule has 1 heterocycles. The van der Waals surface area contributed by atoms with Crippen LogP contribution in [0.1, 0.15) is 23.5 Å². The summed E-state index contributed by atoms with van der Waals surface area (Å²) in [6.45, 7) is 4.19. The van der Waals surface area contributed by atoms with Crippen LogP contribution in [0.15, 0.2) is 5.38 Å². The van der Waals surface area contributed by atoms with Crippen LogP contribution in [0.5, 0.6) is 0 Å². The minimum Gasteiger partial charge on any atom is -0.301 e. The lowest BCUT2D eigenvalue weighted by molar-refractivity contribution is 0.318. The van der Waals surface area contributed by atoms with Crippen LogP contribution >= 0.6 is 27.3 Å². The smallest absolute Gasteiger partial charge is 0.0897 e. The van der Waals surface area contributed by atoms with E-state index in [1.807, 2.05) is 0 Å². The summed E-state index contributed by atoms with van der Waals surface area (Å²) in [4.78, 5) is 6.78. The Kier molecular flexibility index (Phi) is 5.67. The van der Waals surface area contributed by atoms with Gasteiger partial charge < -0.3 is 4.90 Å². The molecule has 80 valence electrons. The predicted octanol–water partition coefficient (Wildman–Crippen LogP) is 3.06. The Morgan fingerprint density at radius 2 is 2.29 bits per heavy atom. The standard InChI is InChI=1S/C10H17BrN2S/c1-9-12-10(8-14-9)7-13(2)6-4-3-5-11/h8H,3-7H2,1-2H3. The molecule has 4 heteroatoms. The van der Waals surface area contributed by atoms with E-state index in [2.05, 4.69) is 45.2 Å². The second-order valence-corrected chi connectivity index (χ2v) is 5.35. The third kappa shape index (κ3) is 4.53. The van der Waals surface area contributed by atoms with Crippen molar-refractivity contribution in [1.29, 1.82) is 0 Å². The Bertz CT molecular complexity index is 262. The van der Waals surface area contributed by atoms with Crippen LogP contribution in [0.3, 0.4) is 0 Å². The molecule has 0 saturated carbocycles. The molecule has 0 aliphatic carbocycles. The van der Waals surface area contributed by atoms with Crippen molar-refractivity contribution in [3.63, 3.8) is 0 Å². The van der Waals surface area contributed by atoms with Crippen molar-refractivity contribution in [3.05, 3.63) is 16.1 Å². The maximum atomic E-state index is 4.45. The zero-order valence-electron chi connectivity index (χ0n) is 8.79. The Morgan fingerprint density at radius 3 is 2.86 bits per heavy atom. The topological polar surface area (TPSA) is 16.1 Å².